The summed E-state index contributed by atoms with van der Waals surface area (Å²) >= 11 is 0. The van der Waals surface area contributed by atoms with Crippen LogP contribution in [0.3, 0.4) is 0 Å². The van der Waals surface area contributed by atoms with E-state index in [1.165, 1.54) is 54.7 Å². The van der Waals surface area contributed by atoms with Gasteiger partial charge in [0.1, 0.15) is 23.4 Å². The molecule has 0 saturated carbocycles. The Kier molecular flexibility index (Phi) is 24.2. The lowest BCUT2D eigenvalue weighted by Crippen LogP contribution is -2.39. The molecule has 1 atom stereocenters. The molecule has 0 bridgehead atoms. The van der Waals surface area contributed by atoms with Crippen LogP contribution in [-0.4, -0.2) is 98.5 Å². The quantitative estimate of drug-likeness (QED) is 0.208. The van der Waals surface area contributed by atoms with Crippen molar-refractivity contribution in [3.05, 3.63) is 88.0 Å². The zero-order chi connectivity index (χ0) is 44.0. The molecule has 3 fully saturated rings. The van der Waals surface area contributed by atoms with Gasteiger partial charge in [-0.25, -0.2) is 13.2 Å². The summed E-state index contributed by atoms with van der Waals surface area (Å²) in [7, 11) is 3.45. The van der Waals surface area contributed by atoms with E-state index < -0.39 is 12.1 Å². The van der Waals surface area contributed by atoms with Gasteiger partial charge in [0.25, 0.3) is 5.92 Å². The first kappa shape index (κ1) is 51.9. The molecule has 0 spiro atoms. The maximum absolute atomic E-state index is 13.3. The van der Waals surface area contributed by atoms with E-state index in [-0.39, 0.29) is 18.8 Å². The van der Waals surface area contributed by atoms with Crippen molar-refractivity contribution < 1.29 is 27.8 Å². The van der Waals surface area contributed by atoms with Crippen LogP contribution in [0.1, 0.15) is 126 Å². The molecule has 6 rings (SSSR count). The molecule has 3 aliphatic heterocycles. The number of halogens is 3. The lowest BCUT2D eigenvalue weighted by Gasteiger charge is -2.32. The Morgan fingerprint density at radius 2 is 1.19 bits per heavy atom. The van der Waals surface area contributed by atoms with Crippen LogP contribution in [0, 0.1) is 19.8 Å². The number of piperidine rings is 3. The van der Waals surface area contributed by atoms with Gasteiger partial charge in [0.05, 0.1) is 14.2 Å². The Balaban J connectivity index is 0.000000292. The second-order valence-corrected chi connectivity index (χ2v) is 16.2. The number of hydrogen-bond donors (Lipinski definition) is 1. The fourth-order valence-electron chi connectivity index (χ4n) is 8.03. The van der Waals surface area contributed by atoms with Crippen LogP contribution in [0.25, 0.3) is 0 Å². The molecular formula is C50H80F3N3O3. The van der Waals surface area contributed by atoms with Crippen molar-refractivity contribution >= 4 is 0 Å². The van der Waals surface area contributed by atoms with Gasteiger partial charge in [0.2, 0.25) is 0 Å². The molecule has 334 valence electrons. The van der Waals surface area contributed by atoms with Gasteiger partial charge < -0.3 is 24.4 Å². The molecule has 3 saturated heterocycles. The van der Waals surface area contributed by atoms with Crippen molar-refractivity contribution in [2.24, 2.45) is 5.92 Å². The Hall–Kier alpha value is -3.27. The summed E-state index contributed by atoms with van der Waals surface area (Å²) in [4.78, 5) is 6.87. The molecule has 1 unspecified atom stereocenters. The van der Waals surface area contributed by atoms with Gasteiger partial charge in [-0.05, 0) is 130 Å². The van der Waals surface area contributed by atoms with Gasteiger partial charge in [-0.15, -0.1) is 0 Å². The number of aromatic hydroxyl groups is 1. The molecule has 0 amide bonds. The number of rotatable bonds is 11. The summed E-state index contributed by atoms with van der Waals surface area (Å²) in [6.45, 7) is 26.4. The first-order chi connectivity index (χ1) is 28.3. The lowest BCUT2D eigenvalue weighted by atomic mass is 9.95. The number of phenols is 1. The first-order valence-electron chi connectivity index (χ1n) is 22.5. The Bertz CT molecular complexity index is 1580. The number of likely N-dealkylation sites (tertiary alicyclic amines) is 3. The van der Waals surface area contributed by atoms with Crippen LogP contribution < -0.4 is 9.47 Å². The number of phenolic OH excluding ortho intramolecular Hbond substituents is 1. The van der Waals surface area contributed by atoms with E-state index in [0.717, 1.165) is 67.3 Å². The normalized spacial score (nSPS) is 18.5. The molecule has 1 N–H and O–H groups in total. The van der Waals surface area contributed by atoms with Crippen molar-refractivity contribution in [3.63, 3.8) is 0 Å². The molecule has 3 heterocycles. The van der Waals surface area contributed by atoms with Gasteiger partial charge in [-0.2, -0.15) is 0 Å². The summed E-state index contributed by atoms with van der Waals surface area (Å²) in [6.07, 6.45) is 5.77. The molecule has 3 aliphatic rings. The molecule has 6 nitrogen and oxygen atoms in total. The third-order valence-electron chi connectivity index (χ3n) is 11.7. The second kappa shape index (κ2) is 27.6. The van der Waals surface area contributed by atoms with Crippen LogP contribution >= 0.6 is 0 Å². The number of benzene rings is 3. The lowest BCUT2D eigenvalue weighted by molar-refractivity contribution is -0.0567. The Morgan fingerprint density at radius 1 is 0.695 bits per heavy atom. The van der Waals surface area contributed by atoms with Gasteiger partial charge in [-0.1, -0.05) is 84.9 Å². The summed E-state index contributed by atoms with van der Waals surface area (Å²) in [5.41, 5.74) is 7.20. The zero-order valence-electron chi connectivity index (χ0n) is 38.7. The number of ether oxygens (including phenoxy) is 2. The third kappa shape index (κ3) is 17.7. The van der Waals surface area contributed by atoms with Crippen LogP contribution in [0.2, 0.25) is 0 Å². The molecule has 3 aromatic carbocycles. The average Bonchev–Trinajstić information content (AvgIpc) is 3.23. The van der Waals surface area contributed by atoms with Gasteiger partial charge in [-0.3, -0.25) is 4.90 Å². The number of methoxy groups -OCH3 is 2. The average molecular weight is 828 g/mol. The van der Waals surface area contributed by atoms with E-state index in [1.54, 1.807) is 20.3 Å². The SMILES string of the molecule is CC.CC.CC(C)c1c(O)cccc1CN1CCC(F)(F)CC1.COc1cccc(CCN2CCC(C)CC2)c1C.COc1cccc(CCN2CCCC(F)C2)c1C. The monoisotopic (exact) mass is 828 g/mol. The highest BCUT2D eigenvalue weighted by Gasteiger charge is 2.34. The Labute approximate surface area is 357 Å². The number of alkyl halides is 3. The predicted octanol–water partition coefficient (Wildman–Crippen LogP) is 12.1. The smallest absolute Gasteiger partial charge is 0.250 e. The number of nitrogens with zero attached hydrogens (tertiary/aromatic N) is 3. The van der Waals surface area contributed by atoms with Gasteiger partial charge in [0, 0.05) is 57.7 Å². The van der Waals surface area contributed by atoms with Crippen LogP contribution in [0.4, 0.5) is 13.2 Å². The molecule has 9 heteroatoms. The minimum absolute atomic E-state index is 0.0666. The zero-order valence-corrected chi connectivity index (χ0v) is 38.7. The van der Waals surface area contributed by atoms with E-state index in [0.29, 0.717) is 31.9 Å². The van der Waals surface area contributed by atoms with Crippen molar-refractivity contribution in [1.29, 1.82) is 0 Å². The van der Waals surface area contributed by atoms with E-state index in [9.17, 15) is 18.3 Å². The summed E-state index contributed by atoms with van der Waals surface area (Å²) < 4.78 is 50.2. The summed E-state index contributed by atoms with van der Waals surface area (Å²) in [5.74, 6) is 0.891. The van der Waals surface area contributed by atoms with E-state index in [1.807, 2.05) is 76.8 Å². The van der Waals surface area contributed by atoms with Crippen molar-refractivity contribution in [2.75, 3.05) is 66.6 Å². The molecule has 0 radical (unpaired) electrons. The molecular weight excluding hydrogens is 748 g/mol. The standard InChI is InChI=1S/C16H25NO.C15H21F2NO.C15H22FNO.2C2H6/c1-13-7-10-17(11-8-13)12-9-15-5-4-6-16(18-3)14(15)2;1-11(2)14-12(4-3-5-13(14)19)10-18-8-6-15(16,17)7-9-18;1-12-13(5-3-7-15(12)18-2)8-10-17-9-4-6-14(16)11-17;2*1-2/h4-6,13H,7-12H2,1-3H3;3-5,11,19H,6-10H2,1-2H3;3,5,7,14H,4,6,8-11H2,1-2H3;2*1-2H3. The first-order valence-corrected chi connectivity index (χ1v) is 22.5. The van der Waals surface area contributed by atoms with E-state index >= 15 is 0 Å². The third-order valence-corrected chi connectivity index (χ3v) is 11.7. The predicted molar refractivity (Wildman–Crippen MR) is 243 cm³/mol. The topological polar surface area (TPSA) is 48.4 Å². The van der Waals surface area contributed by atoms with Gasteiger partial charge >= 0.3 is 0 Å². The highest BCUT2D eigenvalue weighted by molar-refractivity contribution is 5.42. The highest BCUT2D eigenvalue weighted by Crippen LogP contribution is 2.33. The summed E-state index contributed by atoms with van der Waals surface area (Å²) in [6, 6.07) is 18.0. The van der Waals surface area contributed by atoms with Crippen LogP contribution in [0.5, 0.6) is 17.2 Å². The minimum atomic E-state index is -2.50. The van der Waals surface area contributed by atoms with Gasteiger partial charge in [0.15, 0.2) is 0 Å². The van der Waals surface area contributed by atoms with E-state index in [2.05, 4.69) is 48.8 Å². The van der Waals surface area contributed by atoms with Crippen molar-refractivity contribution in [2.45, 2.75) is 138 Å². The van der Waals surface area contributed by atoms with Crippen LogP contribution in [0.15, 0.2) is 54.6 Å². The number of hydrogen-bond acceptors (Lipinski definition) is 6. The van der Waals surface area contributed by atoms with Crippen molar-refractivity contribution in [1.82, 2.24) is 14.7 Å². The fraction of sp³-hybridized carbons (Fsp3) is 0.640. The van der Waals surface area contributed by atoms with E-state index in [4.69, 9.17) is 9.47 Å². The fourth-order valence-corrected chi connectivity index (χ4v) is 8.03. The maximum Gasteiger partial charge on any atom is 0.250 e. The molecule has 0 aromatic heterocycles. The van der Waals surface area contributed by atoms with Crippen LogP contribution in [-0.2, 0) is 19.4 Å². The van der Waals surface area contributed by atoms with Crippen molar-refractivity contribution in [3.8, 4) is 17.2 Å². The minimum Gasteiger partial charge on any atom is -0.508 e. The highest BCUT2D eigenvalue weighted by atomic mass is 19.3. The second-order valence-electron chi connectivity index (χ2n) is 16.2. The largest absolute Gasteiger partial charge is 0.508 e. The molecule has 59 heavy (non-hydrogen) atoms. The molecule has 3 aromatic rings. The Morgan fingerprint density at radius 3 is 1.68 bits per heavy atom. The maximum atomic E-state index is 13.3. The molecule has 0 aliphatic carbocycles. The summed E-state index contributed by atoms with van der Waals surface area (Å²) in [5, 5.41) is 9.94.